The van der Waals surface area contributed by atoms with Crippen molar-refractivity contribution in [2.75, 3.05) is 25.6 Å². The van der Waals surface area contributed by atoms with Gasteiger partial charge in [-0.15, -0.1) is 0 Å². The van der Waals surface area contributed by atoms with Gasteiger partial charge in [-0.25, -0.2) is 13.1 Å². The van der Waals surface area contributed by atoms with E-state index in [2.05, 4.69) is 10.0 Å². The van der Waals surface area contributed by atoms with E-state index in [-0.39, 0.29) is 29.8 Å². The Kier molecular flexibility index (Phi) is 6.52. The first-order valence-corrected chi connectivity index (χ1v) is 9.46. The quantitative estimate of drug-likeness (QED) is 0.419. The molecule has 24 heavy (non-hydrogen) atoms. The molecular formula is C15H23N3O5S. The van der Waals surface area contributed by atoms with E-state index in [1.54, 1.807) is 0 Å². The van der Waals surface area contributed by atoms with E-state index >= 15 is 0 Å². The van der Waals surface area contributed by atoms with Crippen LogP contribution in [-0.2, 0) is 14.8 Å². The molecular weight excluding hydrogens is 334 g/mol. The molecule has 0 atom stereocenters. The van der Waals surface area contributed by atoms with E-state index in [0.29, 0.717) is 5.69 Å². The number of nitro benzene ring substituents is 1. The number of nitrogens with zero attached hydrogens (tertiary/aromatic N) is 1. The second-order valence-electron chi connectivity index (χ2n) is 5.81. The average molecular weight is 357 g/mol. The summed E-state index contributed by atoms with van der Waals surface area (Å²) in [6, 6.07) is 4.14. The molecule has 1 fully saturated rings. The maximum absolute atomic E-state index is 12.2. The number of benzene rings is 1. The molecule has 2 rings (SSSR count). The fourth-order valence-electron chi connectivity index (χ4n) is 2.78. The monoisotopic (exact) mass is 357 g/mol. The summed E-state index contributed by atoms with van der Waals surface area (Å²) in [5, 5.41) is 14.5. The van der Waals surface area contributed by atoms with Gasteiger partial charge < -0.3 is 10.1 Å². The Labute approximate surface area is 141 Å². The number of nitrogens with one attached hydrogen (secondary N) is 2. The zero-order valence-electron chi connectivity index (χ0n) is 13.7. The van der Waals surface area contributed by atoms with E-state index in [0.717, 1.165) is 31.7 Å². The molecule has 0 unspecified atom stereocenters. The number of methoxy groups -OCH3 is 1. The number of anilines is 1. The molecule has 8 nitrogen and oxygen atoms in total. The molecule has 0 spiro atoms. The van der Waals surface area contributed by atoms with E-state index in [4.69, 9.17) is 4.74 Å². The van der Waals surface area contributed by atoms with Gasteiger partial charge in [0.2, 0.25) is 10.0 Å². The third-order valence-corrected chi connectivity index (χ3v) is 5.50. The zero-order valence-corrected chi connectivity index (χ0v) is 14.5. The number of rotatable bonds is 8. The molecule has 2 N–H and O–H groups in total. The van der Waals surface area contributed by atoms with Gasteiger partial charge in [0.05, 0.1) is 16.4 Å². The lowest BCUT2D eigenvalue weighted by Gasteiger charge is -2.23. The Bertz CT molecular complexity index is 672. The van der Waals surface area contributed by atoms with E-state index < -0.39 is 14.9 Å². The van der Waals surface area contributed by atoms with Crippen LogP contribution in [0.3, 0.4) is 0 Å². The molecule has 0 saturated heterocycles. The summed E-state index contributed by atoms with van der Waals surface area (Å²) in [4.78, 5) is 10.7. The lowest BCUT2D eigenvalue weighted by molar-refractivity contribution is -0.384. The highest BCUT2D eigenvalue weighted by Crippen LogP contribution is 2.30. The van der Waals surface area contributed by atoms with Crippen LogP contribution in [0.4, 0.5) is 11.4 Å². The van der Waals surface area contributed by atoms with Crippen LogP contribution in [0.15, 0.2) is 23.1 Å². The number of hydrogen-bond acceptors (Lipinski definition) is 6. The number of sulfonamides is 1. The smallest absolute Gasteiger partial charge is 0.293 e. The molecule has 0 heterocycles. The first kappa shape index (κ1) is 18.6. The lowest BCUT2D eigenvalue weighted by atomic mass is 9.95. The zero-order chi connectivity index (χ0) is 17.6. The van der Waals surface area contributed by atoms with Crippen molar-refractivity contribution in [2.24, 2.45) is 0 Å². The Hall–Kier alpha value is -1.71. The Balaban J connectivity index is 2.20. The van der Waals surface area contributed by atoms with E-state index in [1.807, 2.05) is 0 Å². The van der Waals surface area contributed by atoms with Gasteiger partial charge in [0.15, 0.2) is 0 Å². The fraction of sp³-hybridized carbons (Fsp3) is 0.600. The summed E-state index contributed by atoms with van der Waals surface area (Å²) in [7, 11) is -2.34. The largest absolute Gasteiger partial charge is 0.383 e. The SMILES string of the molecule is COCCNS(=O)(=O)c1ccc(NC2CCCCC2)c([N+](=O)[O-])c1. The predicted octanol–water partition coefficient (Wildman–Crippen LogP) is 2.26. The third kappa shape index (κ3) is 4.89. The van der Waals surface area contributed by atoms with Gasteiger partial charge in [0, 0.05) is 25.8 Å². The van der Waals surface area contributed by atoms with Crippen molar-refractivity contribution >= 4 is 21.4 Å². The summed E-state index contributed by atoms with van der Waals surface area (Å²) in [5.41, 5.74) is 0.137. The van der Waals surface area contributed by atoms with Gasteiger partial charge in [-0.1, -0.05) is 19.3 Å². The van der Waals surface area contributed by atoms with Gasteiger partial charge in [0.1, 0.15) is 5.69 Å². The highest BCUT2D eigenvalue weighted by molar-refractivity contribution is 7.89. The molecule has 1 saturated carbocycles. The second-order valence-corrected chi connectivity index (χ2v) is 7.57. The predicted molar refractivity (Wildman–Crippen MR) is 90.7 cm³/mol. The van der Waals surface area contributed by atoms with Crippen molar-refractivity contribution in [1.29, 1.82) is 0 Å². The molecule has 1 aliphatic rings. The standard InChI is InChI=1S/C15H23N3O5S/c1-23-10-9-16-24(21,22)13-7-8-14(15(11-13)18(19)20)17-12-5-3-2-4-6-12/h7-8,11-12,16-17H,2-6,9-10H2,1H3. The van der Waals surface area contributed by atoms with Crippen molar-refractivity contribution in [1.82, 2.24) is 4.72 Å². The Morgan fingerprint density at radius 2 is 2.00 bits per heavy atom. The first-order chi connectivity index (χ1) is 11.4. The lowest BCUT2D eigenvalue weighted by Crippen LogP contribution is -2.27. The normalized spacial score (nSPS) is 16.0. The molecule has 0 amide bonds. The van der Waals surface area contributed by atoms with Crippen LogP contribution in [0.25, 0.3) is 0 Å². The van der Waals surface area contributed by atoms with Crippen LogP contribution < -0.4 is 10.0 Å². The summed E-state index contributed by atoms with van der Waals surface area (Å²) in [6.45, 7) is 0.331. The summed E-state index contributed by atoms with van der Waals surface area (Å²) in [6.07, 6.45) is 5.32. The second kappa shape index (κ2) is 8.41. The highest BCUT2D eigenvalue weighted by atomic mass is 32.2. The minimum Gasteiger partial charge on any atom is -0.383 e. The van der Waals surface area contributed by atoms with Crippen LogP contribution in [0, 0.1) is 10.1 Å². The average Bonchev–Trinajstić information content (AvgIpc) is 2.56. The minimum absolute atomic E-state index is 0.106. The van der Waals surface area contributed by atoms with Gasteiger partial charge >= 0.3 is 0 Å². The fourth-order valence-corrected chi connectivity index (χ4v) is 3.81. The van der Waals surface area contributed by atoms with Crippen LogP contribution in [0.5, 0.6) is 0 Å². The van der Waals surface area contributed by atoms with Crippen LogP contribution in [0.1, 0.15) is 32.1 Å². The molecule has 1 aromatic carbocycles. The van der Waals surface area contributed by atoms with Crippen LogP contribution in [-0.4, -0.2) is 39.6 Å². The molecule has 0 aromatic heterocycles. The molecule has 0 bridgehead atoms. The molecule has 1 aromatic rings. The summed E-state index contributed by atoms with van der Waals surface area (Å²) in [5.74, 6) is 0. The maximum Gasteiger partial charge on any atom is 0.293 e. The van der Waals surface area contributed by atoms with Gasteiger partial charge in [-0.05, 0) is 25.0 Å². The highest BCUT2D eigenvalue weighted by Gasteiger charge is 2.23. The van der Waals surface area contributed by atoms with Gasteiger partial charge in [-0.2, -0.15) is 0 Å². The van der Waals surface area contributed by atoms with Gasteiger partial charge in [0.25, 0.3) is 5.69 Å². The topological polar surface area (TPSA) is 111 Å². The first-order valence-electron chi connectivity index (χ1n) is 7.97. The molecule has 134 valence electrons. The molecule has 0 aliphatic heterocycles. The Morgan fingerprint density at radius 3 is 2.62 bits per heavy atom. The summed E-state index contributed by atoms with van der Waals surface area (Å²) < 4.78 is 31.5. The minimum atomic E-state index is -3.80. The number of hydrogen-bond donors (Lipinski definition) is 2. The van der Waals surface area contributed by atoms with Crippen molar-refractivity contribution in [3.8, 4) is 0 Å². The number of nitro groups is 1. The van der Waals surface area contributed by atoms with Crippen molar-refractivity contribution < 1.29 is 18.1 Å². The van der Waals surface area contributed by atoms with Crippen molar-refractivity contribution in [3.63, 3.8) is 0 Å². The molecule has 0 radical (unpaired) electrons. The molecule has 1 aliphatic carbocycles. The maximum atomic E-state index is 12.2. The van der Waals surface area contributed by atoms with Crippen LogP contribution >= 0.6 is 0 Å². The Morgan fingerprint density at radius 1 is 1.29 bits per heavy atom. The van der Waals surface area contributed by atoms with E-state index in [9.17, 15) is 18.5 Å². The van der Waals surface area contributed by atoms with E-state index in [1.165, 1.54) is 25.7 Å². The van der Waals surface area contributed by atoms with Crippen molar-refractivity contribution in [2.45, 2.75) is 43.0 Å². The van der Waals surface area contributed by atoms with Gasteiger partial charge in [-0.3, -0.25) is 10.1 Å². The third-order valence-electron chi connectivity index (χ3n) is 4.04. The van der Waals surface area contributed by atoms with Crippen LogP contribution in [0.2, 0.25) is 0 Å². The molecule has 9 heteroatoms. The summed E-state index contributed by atoms with van der Waals surface area (Å²) >= 11 is 0. The number of ether oxygens (including phenoxy) is 1. The van der Waals surface area contributed by atoms with Crippen molar-refractivity contribution in [3.05, 3.63) is 28.3 Å².